The van der Waals surface area contributed by atoms with E-state index >= 15 is 0 Å². The topological polar surface area (TPSA) is 72.6 Å². The maximum atomic E-state index is 10.9. The van der Waals surface area contributed by atoms with Crippen LogP contribution < -0.4 is 4.74 Å². The first-order valence-corrected chi connectivity index (χ1v) is 4.86. The lowest BCUT2D eigenvalue weighted by molar-refractivity contribution is 0.0696. The van der Waals surface area contributed by atoms with Gasteiger partial charge in [-0.15, -0.1) is 0 Å². The SMILES string of the molecule is CCc1nc2cc(C(=O)O)cc(OC)c2o1. The summed E-state index contributed by atoms with van der Waals surface area (Å²) in [4.78, 5) is 15.0. The van der Waals surface area contributed by atoms with Crippen molar-refractivity contribution in [2.75, 3.05) is 7.11 Å². The lowest BCUT2D eigenvalue weighted by atomic mass is 10.2. The fourth-order valence-electron chi connectivity index (χ4n) is 1.47. The summed E-state index contributed by atoms with van der Waals surface area (Å²) in [7, 11) is 1.47. The van der Waals surface area contributed by atoms with E-state index in [0.717, 1.165) is 0 Å². The lowest BCUT2D eigenvalue weighted by Crippen LogP contribution is -1.97. The zero-order chi connectivity index (χ0) is 11.7. The third-order valence-corrected chi connectivity index (χ3v) is 2.27. The van der Waals surface area contributed by atoms with Crippen molar-refractivity contribution in [3.8, 4) is 5.75 Å². The average molecular weight is 221 g/mol. The smallest absolute Gasteiger partial charge is 0.335 e. The maximum absolute atomic E-state index is 10.9. The Labute approximate surface area is 91.7 Å². The van der Waals surface area contributed by atoms with Gasteiger partial charge < -0.3 is 14.3 Å². The molecule has 0 saturated carbocycles. The normalized spacial score (nSPS) is 10.6. The molecule has 2 aromatic rings. The van der Waals surface area contributed by atoms with Crippen LogP contribution in [0, 0.1) is 0 Å². The van der Waals surface area contributed by atoms with Crippen LogP contribution in [-0.4, -0.2) is 23.2 Å². The number of hydrogen-bond acceptors (Lipinski definition) is 4. The number of hydrogen-bond donors (Lipinski definition) is 1. The van der Waals surface area contributed by atoms with Crippen LogP contribution in [0.3, 0.4) is 0 Å². The van der Waals surface area contributed by atoms with Gasteiger partial charge in [0, 0.05) is 6.42 Å². The Morgan fingerprint density at radius 3 is 2.88 bits per heavy atom. The molecule has 0 aliphatic heterocycles. The molecule has 1 aromatic carbocycles. The molecule has 2 rings (SSSR count). The summed E-state index contributed by atoms with van der Waals surface area (Å²) in [5.41, 5.74) is 1.14. The second kappa shape index (κ2) is 3.84. The lowest BCUT2D eigenvalue weighted by Gasteiger charge is -2.01. The monoisotopic (exact) mass is 221 g/mol. The number of methoxy groups -OCH3 is 1. The first-order valence-electron chi connectivity index (χ1n) is 4.86. The average Bonchev–Trinajstić information content (AvgIpc) is 2.70. The number of benzene rings is 1. The van der Waals surface area contributed by atoms with Crippen molar-refractivity contribution in [3.05, 3.63) is 23.6 Å². The summed E-state index contributed by atoms with van der Waals surface area (Å²) in [6.07, 6.45) is 0.653. The first-order chi connectivity index (χ1) is 7.65. The molecule has 1 aromatic heterocycles. The van der Waals surface area contributed by atoms with Crippen LogP contribution in [0.4, 0.5) is 0 Å². The molecule has 16 heavy (non-hydrogen) atoms. The predicted octanol–water partition coefficient (Wildman–Crippen LogP) is 2.10. The summed E-state index contributed by atoms with van der Waals surface area (Å²) in [6, 6.07) is 2.90. The molecule has 0 amide bonds. The predicted molar refractivity (Wildman–Crippen MR) is 56.9 cm³/mol. The van der Waals surface area contributed by atoms with Crippen LogP contribution in [0.5, 0.6) is 5.75 Å². The number of oxazole rings is 1. The molecule has 0 atom stereocenters. The van der Waals surface area contributed by atoms with Crippen molar-refractivity contribution >= 4 is 17.1 Å². The molecule has 0 aliphatic rings. The van der Waals surface area contributed by atoms with Gasteiger partial charge in [0.05, 0.1) is 12.7 Å². The zero-order valence-corrected chi connectivity index (χ0v) is 8.98. The largest absolute Gasteiger partial charge is 0.493 e. The van der Waals surface area contributed by atoms with E-state index in [9.17, 15) is 4.79 Å². The third-order valence-electron chi connectivity index (χ3n) is 2.27. The van der Waals surface area contributed by atoms with Crippen LogP contribution in [0.2, 0.25) is 0 Å². The minimum absolute atomic E-state index is 0.139. The van der Waals surface area contributed by atoms with Gasteiger partial charge in [-0.05, 0) is 12.1 Å². The molecular weight excluding hydrogens is 210 g/mol. The van der Waals surface area contributed by atoms with Gasteiger partial charge in [0.1, 0.15) is 5.52 Å². The van der Waals surface area contributed by atoms with E-state index in [4.69, 9.17) is 14.3 Å². The van der Waals surface area contributed by atoms with Crippen LogP contribution in [0.15, 0.2) is 16.5 Å². The molecule has 0 unspecified atom stereocenters. The highest BCUT2D eigenvalue weighted by Crippen LogP contribution is 2.28. The Morgan fingerprint density at radius 1 is 1.56 bits per heavy atom. The van der Waals surface area contributed by atoms with Gasteiger partial charge in [-0.1, -0.05) is 6.92 Å². The number of carboxylic acids is 1. The van der Waals surface area contributed by atoms with E-state index < -0.39 is 5.97 Å². The van der Waals surface area contributed by atoms with E-state index in [0.29, 0.717) is 29.2 Å². The zero-order valence-electron chi connectivity index (χ0n) is 8.98. The summed E-state index contributed by atoms with van der Waals surface area (Å²) in [5, 5.41) is 8.91. The second-order valence-electron chi connectivity index (χ2n) is 3.29. The van der Waals surface area contributed by atoms with Crippen LogP contribution in [0.1, 0.15) is 23.2 Å². The Kier molecular flexibility index (Phi) is 2.52. The molecule has 0 spiro atoms. The summed E-state index contributed by atoms with van der Waals surface area (Å²) >= 11 is 0. The highest BCUT2D eigenvalue weighted by Gasteiger charge is 2.14. The molecule has 0 fully saturated rings. The van der Waals surface area contributed by atoms with E-state index in [1.165, 1.54) is 19.2 Å². The molecule has 0 saturated heterocycles. The van der Waals surface area contributed by atoms with Gasteiger partial charge >= 0.3 is 5.97 Å². The number of ether oxygens (including phenoxy) is 1. The molecule has 0 radical (unpaired) electrons. The molecule has 0 aliphatic carbocycles. The number of aromatic nitrogens is 1. The molecule has 84 valence electrons. The number of rotatable bonds is 3. The molecule has 5 nitrogen and oxygen atoms in total. The highest BCUT2D eigenvalue weighted by atomic mass is 16.5. The fraction of sp³-hybridized carbons (Fsp3) is 0.273. The number of fused-ring (bicyclic) bond motifs is 1. The van der Waals surface area contributed by atoms with Gasteiger partial charge in [-0.25, -0.2) is 9.78 Å². The Morgan fingerprint density at radius 2 is 2.31 bits per heavy atom. The maximum Gasteiger partial charge on any atom is 0.335 e. The van der Waals surface area contributed by atoms with Crippen molar-refractivity contribution < 1.29 is 19.1 Å². The number of aromatic carboxylic acids is 1. The van der Waals surface area contributed by atoms with E-state index in [1.54, 1.807) is 0 Å². The molecule has 1 N–H and O–H groups in total. The summed E-state index contributed by atoms with van der Waals surface area (Å²) < 4.78 is 10.5. The standard InChI is InChI=1S/C11H11NO4/c1-3-9-12-7-4-6(11(13)14)5-8(15-2)10(7)16-9/h4-5H,3H2,1-2H3,(H,13,14). The van der Waals surface area contributed by atoms with Crippen molar-refractivity contribution in [2.45, 2.75) is 13.3 Å². The van der Waals surface area contributed by atoms with Gasteiger partial charge in [0.15, 0.2) is 17.2 Å². The third kappa shape index (κ3) is 1.60. The van der Waals surface area contributed by atoms with Crippen molar-refractivity contribution in [2.24, 2.45) is 0 Å². The minimum atomic E-state index is -1.01. The van der Waals surface area contributed by atoms with Crippen LogP contribution >= 0.6 is 0 Å². The fourth-order valence-corrected chi connectivity index (χ4v) is 1.47. The molecule has 0 bridgehead atoms. The minimum Gasteiger partial charge on any atom is -0.493 e. The highest BCUT2D eigenvalue weighted by molar-refractivity contribution is 5.94. The number of aryl methyl sites for hydroxylation is 1. The van der Waals surface area contributed by atoms with Gasteiger partial charge in [0.25, 0.3) is 0 Å². The van der Waals surface area contributed by atoms with E-state index in [1.807, 2.05) is 6.92 Å². The quantitative estimate of drug-likeness (QED) is 0.859. The van der Waals surface area contributed by atoms with Gasteiger partial charge in [-0.2, -0.15) is 0 Å². The van der Waals surface area contributed by atoms with Crippen LogP contribution in [0.25, 0.3) is 11.1 Å². The van der Waals surface area contributed by atoms with Crippen LogP contribution in [-0.2, 0) is 6.42 Å². The van der Waals surface area contributed by atoms with Crippen molar-refractivity contribution in [1.82, 2.24) is 4.98 Å². The van der Waals surface area contributed by atoms with Gasteiger partial charge in [0.2, 0.25) is 0 Å². The van der Waals surface area contributed by atoms with Gasteiger partial charge in [-0.3, -0.25) is 0 Å². The molecular formula is C11H11NO4. The molecule has 1 heterocycles. The number of nitrogens with zero attached hydrogens (tertiary/aromatic N) is 1. The Hall–Kier alpha value is -2.04. The van der Waals surface area contributed by atoms with Crippen molar-refractivity contribution in [1.29, 1.82) is 0 Å². The first kappa shape index (κ1) is 10.5. The Balaban J connectivity index is 2.70. The molecule has 5 heteroatoms. The van der Waals surface area contributed by atoms with E-state index in [2.05, 4.69) is 4.98 Å². The number of carbonyl (C=O) groups is 1. The second-order valence-corrected chi connectivity index (χ2v) is 3.29. The summed E-state index contributed by atoms with van der Waals surface area (Å²) in [6.45, 7) is 1.91. The van der Waals surface area contributed by atoms with Crippen molar-refractivity contribution in [3.63, 3.8) is 0 Å². The summed E-state index contributed by atoms with van der Waals surface area (Å²) in [5.74, 6) is -0.0563. The Bertz CT molecular complexity index is 544. The number of carboxylic acid groups (broad SMARTS) is 1. The van der Waals surface area contributed by atoms with E-state index in [-0.39, 0.29) is 5.56 Å².